The Morgan fingerprint density at radius 1 is 1.59 bits per heavy atom. The molecule has 0 aliphatic rings. The van der Waals surface area contributed by atoms with Crippen LogP contribution in [-0.2, 0) is 6.54 Å². The van der Waals surface area contributed by atoms with Gasteiger partial charge in [-0.25, -0.2) is 9.48 Å². The second-order valence-electron chi connectivity index (χ2n) is 3.65. The predicted octanol–water partition coefficient (Wildman–Crippen LogP) is 2.04. The Kier molecular flexibility index (Phi) is 3.22. The van der Waals surface area contributed by atoms with Crippen LogP contribution < -0.4 is 0 Å². The van der Waals surface area contributed by atoms with Crippen molar-refractivity contribution in [3.63, 3.8) is 0 Å². The number of aryl methyl sites for hydroxylation is 1. The molecule has 0 radical (unpaired) electrons. The maximum atomic E-state index is 11.0. The number of rotatable bonds is 5. The molecular formula is C11H13N3O3. The predicted molar refractivity (Wildman–Crippen MR) is 59.6 cm³/mol. The fraction of sp³-hybridized carbons (Fsp3) is 0.364. The van der Waals surface area contributed by atoms with Crippen molar-refractivity contribution in [2.45, 2.75) is 26.3 Å². The minimum Gasteiger partial charge on any atom is -0.476 e. The Morgan fingerprint density at radius 3 is 3.00 bits per heavy atom. The third-order valence-corrected chi connectivity index (χ3v) is 2.42. The van der Waals surface area contributed by atoms with Crippen molar-refractivity contribution in [2.75, 3.05) is 0 Å². The number of aromatic nitrogens is 3. The molecule has 6 nitrogen and oxygen atoms in total. The molecule has 2 rings (SSSR count). The lowest BCUT2D eigenvalue weighted by atomic mass is 10.2. The van der Waals surface area contributed by atoms with Gasteiger partial charge in [-0.15, -0.1) is 5.10 Å². The molecule has 0 aromatic carbocycles. The van der Waals surface area contributed by atoms with E-state index in [4.69, 9.17) is 9.52 Å². The number of carboxylic acid groups (broad SMARTS) is 1. The molecule has 0 bridgehead atoms. The van der Waals surface area contributed by atoms with Gasteiger partial charge in [0.15, 0.2) is 5.76 Å². The highest BCUT2D eigenvalue weighted by Crippen LogP contribution is 2.23. The standard InChI is InChI=1S/C11H13N3O3/c1-2-3-6-14-10(8-5-4-7-17-8)9(11(15)16)12-13-14/h4-5,7H,2-3,6H2,1H3,(H,15,16). The van der Waals surface area contributed by atoms with Crippen molar-refractivity contribution in [3.05, 3.63) is 24.1 Å². The highest BCUT2D eigenvalue weighted by Gasteiger charge is 2.21. The molecule has 1 N–H and O–H groups in total. The Labute approximate surface area is 97.9 Å². The first-order valence-electron chi connectivity index (χ1n) is 5.44. The summed E-state index contributed by atoms with van der Waals surface area (Å²) in [5, 5.41) is 16.6. The summed E-state index contributed by atoms with van der Waals surface area (Å²) in [6.45, 7) is 2.69. The fourth-order valence-corrected chi connectivity index (χ4v) is 1.58. The molecule has 90 valence electrons. The van der Waals surface area contributed by atoms with E-state index in [0.29, 0.717) is 18.0 Å². The van der Waals surface area contributed by atoms with Gasteiger partial charge in [-0.2, -0.15) is 0 Å². The van der Waals surface area contributed by atoms with Gasteiger partial charge in [0, 0.05) is 6.54 Å². The van der Waals surface area contributed by atoms with Crippen molar-refractivity contribution < 1.29 is 14.3 Å². The zero-order chi connectivity index (χ0) is 12.3. The van der Waals surface area contributed by atoms with E-state index in [2.05, 4.69) is 17.2 Å². The molecule has 0 aliphatic carbocycles. The van der Waals surface area contributed by atoms with Crippen LogP contribution in [0.25, 0.3) is 11.5 Å². The topological polar surface area (TPSA) is 81.2 Å². The van der Waals surface area contributed by atoms with E-state index in [1.807, 2.05) is 0 Å². The van der Waals surface area contributed by atoms with E-state index in [-0.39, 0.29) is 5.69 Å². The van der Waals surface area contributed by atoms with Gasteiger partial charge in [0.25, 0.3) is 0 Å². The lowest BCUT2D eigenvalue weighted by molar-refractivity contribution is 0.0691. The molecule has 0 saturated carbocycles. The lowest BCUT2D eigenvalue weighted by Crippen LogP contribution is -2.04. The van der Waals surface area contributed by atoms with Gasteiger partial charge < -0.3 is 9.52 Å². The van der Waals surface area contributed by atoms with Crippen molar-refractivity contribution in [2.24, 2.45) is 0 Å². The lowest BCUT2D eigenvalue weighted by Gasteiger charge is -2.03. The van der Waals surface area contributed by atoms with E-state index >= 15 is 0 Å². The van der Waals surface area contributed by atoms with Crippen LogP contribution in [0.4, 0.5) is 0 Å². The Bertz CT molecular complexity index is 502. The first-order valence-corrected chi connectivity index (χ1v) is 5.44. The molecule has 0 unspecified atom stereocenters. The summed E-state index contributed by atoms with van der Waals surface area (Å²) < 4.78 is 6.80. The van der Waals surface area contributed by atoms with E-state index in [1.165, 1.54) is 6.26 Å². The zero-order valence-corrected chi connectivity index (χ0v) is 9.46. The molecule has 6 heteroatoms. The van der Waals surface area contributed by atoms with Crippen molar-refractivity contribution in [1.82, 2.24) is 15.0 Å². The average Bonchev–Trinajstić information content (AvgIpc) is 2.94. The molecule has 0 spiro atoms. The molecule has 0 aliphatic heterocycles. The number of hydrogen-bond donors (Lipinski definition) is 1. The van der Waals surface area contributed by atoms with Crippen LogP contribution in [0.2, 0.25) is 0 Å². The number of carboxylic acids is 1. The van der Waals surface area contributed by atoms with E-state index in [0.717, 1.165) is 12.8 Å². The summed E-state index contributed by atoms with van der Waals surface area (Å²) >= 11 is 0. The molecule has 2 aromatic rings. The smallest absolute Gasteiger partial charge is 0.358 e. The molecule has 17 heavy (non-hydrogen) atoms. The highest BCUT2D eigenvalue weighted by molar-refractivity contribution is 5.91. The molecular weight excluding hydrogens is 222 g/mol. The highest BCUT2D eigenvalue weighted by atomic mass is 16.4. The summed E-state index contributed by atoms with van der Waals surface area (Å²) in [7, 11) is 0. The van der Waals surface area contributed by atoms with Gasteiger partial charge in [-0.1, -0.05) is 18.6 Å². The first kappa shape index (κ1) is 11.4. The Hall–Kier alpha value is -2.11. The number of unbranched alkanes of at least 4 members (excludes halogenated alkanes) is 1. The summed E-state index contributed by atoms with van der Waals surface area (Å²) in [5.74, 6) is -0.623. The molecule has 0 amide bonds. The number of carbonyl (C=O) groups is 1. The number of hydrogen-bond acceptors (Lipinski definition) is 4. The maximum absolute atomic E-state index is 11.0. The number of furan rings is 1. The Morgan fingerprint density at radius 2 is 2.41 bits per heavy atom. The third-order valence-electron chi connectivity index (χ3n) is 2.42. The summed E-state index contributed by atoms with van der Waals surface area (Å²) in [4.78, 5) is 11.0. The minimum atomic E-state index is -1.10. The van der Waals surface area contributed by atoms with Crippen molar-refractivity contribution in [3.8, 4) is 11.5 Å². The van der Waals surface area contributed by atoms with Crippen LogP contribution in [0, 0.1) is 0 Å². The molecule has 2 heterocycles. The normalized spacial score (nSPS) is 10.6. The zero-order valence-electron chi connectivity index (χ0n) is 9.46. The average molecular weight is 235 g/mol. The molecule has 2 aromatic heterocycles. The second kappa shape index (κ2) is 4.82. The number of aromatic carboxylic acids is 1. The van der Waals surface area contributed by atoms with Gasteiger partial charge in [0.1, 0.15) is 5.69 Å². The van der Waals surface area contributed by atoms with E-state index in [9.17, 15) is 4.79 Å². The van der Waals surface area contributed by atoms with Crippen LogP contribution >= 0.6 is 0 Å². The second-order valence-corrected chi connectivity index (χ2v) is 3.65. The van der Waals surface area contributed by atoms with Crippen molar-refractivity contribution in [1.29, 1.82) is 0 Å². The van der Waals surface area contributed by atoms with E-state index < -0.39 is 5.97 Å². The summed E-state index contributed by atoms with van der Waals surface area (Å²) in [6.07, 6.45) is 3.41. The van der Waals surface area contributed by atoms with Crippen LogP contribution in [-0.4, -0.2) is 26.1 Å². The van der Waals surface area contributed by atoms with E-state index in [1.54, 1.807) is 16.8 Å². The Balaban J connectivity index is 2.44. The quantitative estimate of drug-likeness (QED) is 0.857. The van der Waals surface area contributed by atoms with Gasteiger partial charge in [0.05, 0.1) is 6.26 Å². The van der Waals surface area contributed by atoms with Crippen molar-refractivity contribution >= 4 is 5.97 Å². The molecule has 0 saturated heterocycles. The monoisotopic (exact) mass is 235 g/mol. The van der Waals surface area contributed by atoms with Gasteiger partial charge in [0.2, 0.25) is 5.69 Å². The largest absolute Gasteiger partial charge is 0.476 e. The van der Waals surface area contributed by atoms with Crippen LogP contribution in [0.5, 0.6) is 0 Å². The minimum absolute atomic E-state index is 0.0731. The SMILES string of the molecule is CCCCn1nnc(C(=O)O)c1-c1ccco1. The van der Waals surface area contributed by atoms with Crippen LogP contribution in [0.3, 0.4) is 0 Å². The van der Waals surface area contributed by atoms with Crippen LogP contribution in [0.1, 0.15) is 30.3 Å². The van der Waals surface area contributed by atoms with Gasteiger partial charge in [-0.05, 0) is 18.6 Å². The number of nitrogens with zero attached hydrogens (tertiary/aromatic N) is 3. The van der Waals surface area contributed by atoms with Gasteiger partial charge >= 0.3 is 5.97 Å². The fourth-order valence-electron chi connectivity index (χ4n) is 1.58. The van der Waals surface area contributed by atoms with Gasteiger partial charge in [-0.3, -0.25) is 0 Å². The molecule has 0 atom stereocenters. The summed E-state index contributed by atoms with van der Waals surface area (Å²) in [6, 6.07) is 3.41. The maximum Gasteiger partial charge on any atom is 0.358 e. The van der Waals surface area contributed by atoms with Crippen LogP contribution in [0.15, 0.2) is 22.8 Å². The molecule has 0 fully saturated rings. The first-order chi connectivity index (χ1) is 8.24. The summed E-state index contributed by atoms with van der Waals surface area (Å²) in [5.41, 5.74) is 0.354. The third kappa shape index (κ3) is 2.20.